The van der Waals surface area contributed by atoms with Crippen molar-refractivity contribution in [2.24, 2.45) is 5.16 Å². The molecule has 0 aliphatic carbocycles. The second-order valence-electron chi connectivity index (χ2n) is 5.58. The van der Waals surface area contributed by atoms with Gasteiger partial charge < -0.3 is 14.5 Å². The number of ether oxygens (including phenoxy) is 1. The maximum absolute atomic E-state index is 12.5. The van der Waals surface area contributed by atoms with Gasteiger partial charge in [-0.25, -0.2) is 4.79 Å². The molecule has 1 amide bonds. The van der Waals surface area contributed by atoms with Gasteiger partial charge in [-0.2, -0.15) is 0 Å². The maximum Gasteiger partial charge on any atom is 0.347 e. The Morgan fingerprint density at radius 3 is 2.62 bits per heavy atom. The van der Waals surface area contributed by atoms with Gasteiger partial charge in [0.25, 0.3) is 5.91 Å². The number of carbonyl (C=O) groups excluding carboxylic acids is 2. The van der Waals surface area contributed by atoms with Gasteiger partial charge in [0.05, 0.1) is 5.69 Å². The van der Waals surface area contributed by atoms with Crippen molar-refractivity contribution in [3.63, 3.8) is 0 Å². The lowest BCUT2D eigenvalue weighted by Gasteiger charge is -2.13. The first-order valence-corrected chi connectivity index (χ1v) is 8.12. The molecule has 1 heterocycles. The largest absolute Gasteiger partial charge is 0.458 e. The fourth-order valence-corrected chi connectivity index (χ4v) is 2.59. The first-order chi connectivity index (χ1) is 12.7. The van der Waals surface area contributed by atoms with E-state index in [0.717, 1.165) is 11.3 Å². The molecule has 132 valence electrons. The van der Waals surface area contributed by atoms with Crippen LogP contribution in [0.15, 0.2) is 72.4 Å². The molecule has 0 N–H and O–H groups in total. The lowest BCUT2D eigenvalue weighted by molar-refractivity contribution is -0.150. The molecule has 0 aromatic heterocycles. The molecule has 6 nitrogen and oxygen atoms in total. The van der Waals surface area contributed by atoms with Crippen LogP contribution in [0.5, 0.6) is 0 Å². The van der Waals surface area contributed by atoms with E-state index in [1.165, 1.54) is 0 Å². The van der Waals surface area contributed by atoms with Gasteiger partial charge in [0.15, 0.2) is 5.71 Å². The second kappa shape index (κ2) is 8.11. The van der Waals surface area contributed by atoms with Crippen molar-refractivity contribution in [3.8, 4) is 0 Å². The quantitative estimate of drug-likeness (QED) is 0.437. The predicted octanol–water partition coefficient (Wildman–Crippen LogP) is 2.68. The zero-order valence-corrected chi connectivity index (χ0v) is 14.1. The molecule has 2 aromatic rings. The molecule has 2 aromatic carbocycles. The number of para-hydroxylation sites is 1. The van der Waals surface area contributed by atoms with Gasteiger partial charge in [0.2, 0.25) is 6.61 Å². The number of oxime groups is 1. The van der Waals surface area contributed by atoms with E-state index in [1.54, 1.807) is 17.0 Å². The van der Waals surface area contributed by atoms with Gasteiger partial charge in [-0.15, -0.1) is 6.58 Å². The van der Waals surface area contributed by atoms with Crippen LogP contribution in [0.25, 0.3) is 0 Å². The number of fused-ring (bicyclic) bond motifs is 1. The first kappa shape index (κ1) is 17.4. The van der Waals surface area contributed by atoms with E-state index in [2.05, 4.69) is 11.7 Å². The number of nitrogens with zero attached hydrogens (tertiary/aromatic N) is 2. The molecule has 0 unspecified atom stereocenters. The molecule has 6 heteroatoms. The van der Waals surface area contributed by atoms with Gasteiger partial charge in [-0.3, -0.25) is 4.79 Å². The fraction of sp³-hybridized carbons (Fsp3) is 0.150. The number of anilines is 1. The molecule has 0 spiro atoms. The minimum atomic E-state index is -0.556. The van der Waals surface area contributed by atoms with Crippen molar-refractivity contribution < 1.29 is 19.2 Å². The topological polar surface area (TPSA) is 68.2 Å². The summed E-state index contributed by atoms with van der Waals surface area (Å²) in [5.41, 5.74) is 2.45. The summed E-state index contributed by atoms with van der Waals surface area (Å²) < 4.78 is 5.11. The summed E-state index contributed by atoms with van der Waals surface area (Å²) in [7, 11) is 0. The highest BCUT2D eigenvalue weighted by Gasteiger charge is 2.33. The Hall–Kier alpha value is -3.41. The van der Waals surface area contributed by atoms with Crippen LogP contribution in [0, 0.1) is 0 Å². The van der Waals surface area contributed by atoms with E-state index < -0.39 is 5.97 Å². The lowest BCUT2D eigenvalue weighted by Crippen LogP contribution is -2.30. The second-order valence-corrected chi connectivity index (χ2v) is 5.58. The maximum atomic E-state index is 12.5. The molecule has 3 rings (SSSR count). The van der Waals surface area contributed by atoms with Gasteiger partial charge in [-0.05, 0) is 11.6 Å². The van der Waals surface area contributed by atoms with E-state index in [9.17, 15) is 9.59 Å². The van der Waals surface area contributed by atoms with E-state index >= 15 is 0 Å². The van der Waals surface area contributed by atoms with Crippen LogP contribution < -0.4 is 4.90 Å². The van der Waals surface area contributed by atoms with E-state index in [4.69, 9.17) is 9.57 Å². The van der Waals surface area contributed by atoms with E-state index in [0.29, 0.717) is 12.1 Å². The highest BCUT2D eigenvalue weighted by Crippen LogP contribution is 2.28. The van der Waals surface area contributed by atoms with E-state index in [-0.39, 0.29) is 24.8 Å². The molecule has 1 aliphatic rings. The number of hydrogen-bond donors (Lipinski definition) is 0. The predicted molar refractivity (Wildman–Crippen MR) is 97.7 cm³/mol. The van der Waals surface area contributed by atoms with Crippen LogP contribution >= 0.6 is 0 Å². The third kappa shape index (κ3) is 3.80. The van der Waals surface area contributed by atoms with E-state index in [1.807, 2.05) is 48.5 Å². The third-order valence-corrected chi connectivity index (χ3v) is 3.79. The fourth-order valence-electron chi connectivity index (χ4n) is 2.59. The number of esters is 1. The standard InChI is InChI=1S/C20H18N2O4/c1-2-12-22-17-11-7-6-10-16(17)19(20(22)24)21-26-14-18(23)25-13-15-8-4-3-5-9-15/h2-11H,1,12-14H2/b21-19-. The Kier molecular flexibility index (Phi) is 5.43. The Bertz CT molecular complexity index is 846. The van der Waals surface area contributed by atoms with Crippen LogP contribution in [0.1, 0.15) is 11.1 Å². The van der Waals surface area contributed by atoms with Crippen molar-refractivity contribution >= 4 is 23.3 Å². The average molecular weight is 350 g/mol. The van der Waals surface area contributed by atoms with Crippen molar-refractivity contribution in [1.82, 2.24) is 0 Å². The molecule has 0 atom stereocenters. The van der Waals surface area contributed by atoms with Gasteiger partial charge in [0.1, 0.15) is 6.61 Å². The monoisotopic (exact) mass is 350 g/mol. The number of hydrogen-bond acceptors (Lipinski definition) is 5. The number of carbonyl (C=O) groups is 2. The number of rotatable bonds is 7. The van der Waals surface area contributed by atoms with Crippen LogP contribution in [0.2, 0.25) is 0 Å². The van der Waals surface area contributed by atoms with Crippen LogP contribution in [-0.2, 0) is 25.8 Å². The lowest BCUT2D eigenvalue weighted by atomic mass is 10.1. The Morgan fingerprint density at radius 2 is 1.85 bits per heavy atom. The third-order valence-electron chi connectivity index (χ3n) is 3.79. The van der Waals surface area contributed by atoms with Crippen LogP contribution in [0.4, 0.5) is 5.69 Å². The van der Waals surface area contributed by atoms with Crippen molar-refractivity contribution in [1.29, 1.82) is 0 Å². The first-order valence-electron chi connectivity index (χ1n) is 8.12. The molecule has 1 aliphatic heterocycles. The molecular weight excluding hydrogens is 332 g/mol. The van der Waals surface area contributed by atoms with Crippen LogP contribution in [-0.4, -0.2) is 30.7 Å². The van der Waals surface area contributed by atoms with Crippen molar-refractivity contribution in [3.05, 3.63) is 78.4 Å². The molecule has 0 saturated heterocycles. The molecule has 26 heavy (non-hydrogen) atoms. The van der Waals surface area contributed by atoms with Gasteiger partial charge in [-0.1, -0.05) is 59.8 Å². The number of benzene rings is 2. The molecule has 0 bridgehead atoms. The highest BCUT2D eigenvalue weighted by molar-refractivity contribution is 6.54. The summed E-state index contributed by atoms with van der Waals surface area (Å²) in [6.45, 7) is 3.82. The zero-order valence-electron chi connectivity index (χ0n) is 14.1. The molecular formula is C20H18N2O4. The molecule has 0 saturated carbocycles. The summed E-state index contributed by atoms with van der Waals surface area (Å²) in [6.07, 6.45) is 1.64. The van der Waals surface area contributed by atoms with Gasteiger partial charge >= 0.3 is 5.97 Å². The molecule has 0 fully saturated rings. The Balaban J connectivity index is 1.60. The Morgan fingerprint density at radius 1 is 1.12 bits per heavy atom. The Labute approximate surface area is 151 Å². The number of amides is 1. The minimum Gasteiger partial charge on any atom is -0.458 e. The minimum absolute atomic E-state index is 0.161. The van der Waals surface area contributed by atoms with Crippen molar-refractivity contribution in [2.75, 3.05) is 18.1 Å². The highest BCUT2D eigenvalue weighted by atomic mass is 16.7. The normalized spacial score (nSPS) is 14.2. The molecule has 0 radical (unpaired) electrons. The summed E-state index contributed by atoms with van der Waals surface area (Å²) in [5, 5.41) is 3.86. The summed E-state index contributed by atoms with van der Waals surface area (Å²) in [5.74, 6) is -0.844. The summed E-state index contributed by atoms with van der Waals surface area (Å²) >= 11 is 0. The summed E-state index contributed by atoms with van der Waals surface area (Å²) in [6, 6.07) is 16.6. The van der Waals surface area contributed by atoms with Crippen LogP contribution in [0.3, 0.4) is 0 Å². The summed E-state index contributed by atoms with van der Waals surface area (Å²) in [4.78, 5) is 30.9. The van der Waals surface area contributed by atoms with Crippen molar-refractivity contribution in [2.45, 2.75) is 6.61 Å². The SMILES string of the molecule is C=CCN1C(=O)/C(=N\OCC(=O)OCc2ccccc2)c2ccccc21. The zero-order chi connectivity index (χ0) is 18.4. The van der Waals surface area contributed by atoms with Gasteiger partial charge in [0, 0.05) is 12.1 Å². The smallest absolute Gasteiger partial charge is 0.347 e. The average Bonchev–Trinajstić information content (AvgIpc) is 2.93.